The van der Waals surface area contributed by atoms with Crippen LogP contribution in [0, 0.1) is 19.3 Å². The summed E-state index contributed by atoms with van der Waals surface area (Å²) in [5.74, 6) is 0.916. The van der Waals surface area contributed by atoms with Gasteiger partial charge in [-0.2, -0.15) is 0 Å². The van der Waals surface area contributed by atoms with Crippen molar-refractivity contribution in [1.29, 1.82) is 5.41 Å². The number of hydrogen-bond donors (Lipinski definition) is 1. The van der Waals surface area contributed by atoms with E-state index in [2.05, 4.69) is 82.4 Å². The number of hydrogen-bond acceptors (Lipinski definition) is 3. The number of amidine groups is 1. The molecule has 162 valence electrons. The molecular formula is C25H36N3OS+. The minimum absolute atomic E-state index is 0.0842. The van der Waals surface area contributed by atoms with Crippen molar-refractivity contribution < 1.29 is 4.74 Å². The highest BCUT2D eigenvalue weighted by molar-refractivity contribution is 7.77. The minimum Gasteiger partial charge on any atom is -0.402 e. The molecule has 0 aliphatic heterocycles. The summed E-state index contributed by atoms with van der Waals surface area (Å²) in [6.07, 6.45) is 1.02. The molecule has 2 rings (SSSR count). The molecule has 0 saturated heterocycles. The van der Waals surface area contributed by atoms with E-state index >= 15 is 0 Å². The number of aliphatic imine (C=N–C) groups is 1. The molecule has 0 unspecified atom stereocenters. The lowest BCUT2D eigenvalue weighted by Crippen LogP contribution is -2.20. The Kier molecular flexibility index (Phi) is 8.27. The molecule has 0 bridgehead atoms. The van der Waals surface area contributed by atoms with Gasteiger partial charge in [-0.1, -0.05) is 58.0 Å². The van der Waals surface area contributed by atoms with Crippen LogP contribution in [0.4, 0.5) is 0 Å². The molecule has 0 heterocycles. The van der Waals surface area contributed by atoms with Crippen LogP contribution < -0.4 is 4.74 Å². The van der Waals surface area contributed by atoms with Gasteiger partial charge in [0, 0.05) is 12.1 Å². The average molecular weight is 427 g/mol. The van der Waals surface area contributed by atoms with E-state index in [1.54, 1.807) is 0 Å². The fraction of sp³-hybridized carbons (Fsp3) is 0.440. The third-order valence-electron chi connectivity index (χ3n) is 5.38. The summed E-state index contributed by atoms with van der Waals surface area (Å²) in [7, 11) is 2.14. The summed E-state index contributed by atoms with van der Waals surface area (Å²) in [6.45, 7) is 14.9. The molecule has 5 heteroatoms. The van der Waals surface area contributed by atoms with Gasteiger partial charge in [0.05, 0.1) is 12.6 Å². The zero-order chi connectivity index (χ0) is 22.5. The zero-order valence-corrected chi connectivity index (χ0v) is 20.4. The molecule has 1 N–H and O–H groups in total. The Morgan fingerprint density at radius 3 is 2.30 bits per heavy atom. The average Bonchev–Trinajstić information content (AvgIpc) is 2.68. The molecule has 4 nitrogen and oxygen atoms in total. The van der Waals surface area contributed by atoms with Gasteiger partial charge < -0.3 is 9.64 Å². The molecule has 0 atom stereocenters. The fourth-order valence-corrected chi connectivity index (χ4v) is 3.34. The van der Waals surface area contributed by atoms with Gasteiger partial charge in [0.1, 0.15) is 5.75 Å². The summed E-state index contributed by atoms with van der Waals surface area (Å²) >= 11 is 3.43. The first-order valence-electron chi connectivity index (χ1n) is 10.5. The number of nitrogens with zero attached hydrogens (tertiary/aromatic N) is 2. The first kappa shape index (κ1) is 24.2. The van der Waals surface area contributed by atoms with Crippen LogP contribution in [-0.4, -0.2) is 36.1 Å². The van der Waals surface area contributed by atoms with Gasteiger partial charge in [-0.25, -0.2) is 0 Å². The van der Waals surface area contributed by atoms with Crippen molar-refractivity contribution in [3.63, 3.8) is 0 Å². The summed E-state index contributed by atoms with van der Waals surface area (Å²) in [4.78, 5) is 6.59. The quantitative estimate of drug-likeness (QED) is 0.407. The Morgan fingerprint density at radius 2 is 1.73 bits per heavy atom. The second-order valence-corrected chi connectivity index (χ2v) is 9.31. The normalized spacial score (nSPS) is 12.4. The summed E-state index contributed by atoms with van der Waals surface area (Å²) < 4.78 is 5.91. The number of rotatable bonds is 6. The monoisotopic (exact) mass is 426 g/mol. The Bertz CT molecular complexity index is 911. The largest absolute Gasteiger partial charge is 0.414 e. The SMILES string of the molecule is CCN(C)CCc1cc(C)c(OC([SH2+])=NC(=N)c2ccc(C(C)(C)C)cc2)cc1C. The number of nitrogens with one attached hydrogen (secondary N) is 1. The topological polar surface area (TPSA) is 48.7 Å². The van der Waals surface area contributed by atoms with E-state index in [1.165, 1.54) is 16.7 Å². The van der Waals surface area contributed by atoms with E-state index < -0.39 is 0 Å². The molecule has 0 spiro atoms. The molecule has 2 aromatic carbocycles. The van der Waals surface area contributed by atoms with Gasteiger partial charge in [0.15, 0.2) is 5.84 Å². The first-order chi connectivity index (χ1) is 14.0. The molecule has 0 radical (unpaired) electrons. The van der Waals surface area contributed by atoms with Gasteiger partial charge in [-0.3, -0.25) is 5.41 Å². The summed E-state index contributed by atoms with van der Waals surface area (Å²) in [5, 5.41) is 8.57. The number of benzene rings is 2. The van der Waals surface area contributed by atoms with Gasteiger partial charge >= 0.3 is 5.23 Å². The predicted octanol–water partition coefficient (Wildman–Crippen LogP) is 4.87. The third kappa shape index (κ3) is 6.71. The Hall–Kier alpha value is -2.11. The van der Waals surface area contributed by atoms with Crippen LogP contribution in [0.25, 0.3) is 0 Å². The summed E-state index contributed by atoms with van der Waals surface area (Å²) in [5.41, 5.74) is 5.66. The lowest BCUT2D eigenvalue weighted by Gasteiger charge is -2.18. The van der Waals surface area contributed by atoms with Crippen LogP contribution in [0.3, 0.4) is 0 Å². The highest BCUT2D eigenvalue weighted by atomic mass is 32.1. The maximum Gasteiger partial charge on any atom is 0.414 e. The predicted molar refractivity (Wildman–Crippen MR) is 133 cm³/mol. The van der Waals surface area contributed by atoms with Gasteiger partial charge in [0.25, 0.3) is 0 Å². The highest BCUT2D eigenvalue weighted by Gasteiger charge is 2.15. The van der Waals surface area contributed by atoms with Crippen molar-refractivity contribution in [2.75, 3.05) is 20.1 Å². The summed E-state index contributed by atoms with van der Waals surface area (Å²) in [6, 6.07) is 12.2. The van der Waals surface area contributed by atoms with Crippen molar-refractivity contribution >= 4 is 23.7 Å². The van der Waals surface area contributed by atoms with Gasteiger partial charge in [-0.05, 0) is 67.6 Å². The van der Waals surface area contributed by atoms with Crippen LogP contribution in [-0.2, 0) is 24.5 Å². The molecule has 0 fully saturated rings. The van der Waals surface area contributed by atoms with E-state index in [1.807, 2.05) is 25.1 Å². The smallest absolute Gasteiger partial charge is 0.402 e. The van der Waals surface area contributed by atoms with E-state index in [9.17, 15) is 0 Å². The standard InChI is InChI=1S/C25H35N3OS/c1-8-28(7)14-13-20-15-18(3)22(16-17(20)2)29-24(30)27-23(26)19-9-11-21(12-10-19)25(4,5)6/h9-12,15-16H,8,13-14H2,1-7H3,(H2,26,27,30)/p+1. The molecule has 0 aliphatic rings. The number of ether oxygens (including phenoxy) is 1. The van der Waals surface area contributed by atoms with Crippen molar-refractivity contribution in [3.8, 4) is 5.75 Å². The van der Waals surface area contributed by atoms with Crippen LogP contribution in [0.5, 0.6) is 5.75 Å². The lowest BCUT2D eigenvalue weighted by atomic mass is 9.87. The Labute approximate surface area is 187 Å². The van der Waals surface area contributed by atoms with Crippen LogP contribution in [0.2, 0.25) is 0 Å². The van der Waals surface area contributed by atoms with E-state index in [4.69, 9.17) is 10.1 Å². The fourth-order valence-electron chi connectivity index (χ4n) is 3.12. The van der Waals surface area contributed by atoms with Crippen LogP contribution in [0.1, 0.15) is 55.5 Å². The van der Waals surface area contributed by atoms with E-state index in [0.29, 0.717) is 0 Å². The molecule has 0 aromatic heterocycles. The van der Waals surface area contributed by atoms with Crippen molar-refractivity contribution in [3.05, 3.63) is 64.2 Å². The van der Waals surface area contributed by atoms with E-state index in [0.717, 1.165) is 36.4 Å². The second-order valence-electron chi connectivity index (χ2n) is 8.89. The maximum atomic E-state index is 8.29. The van der Waals surface area contributed by atoms with Gasteiger partial charge in [-0.15, -0.1) is 4.99 Å². The zero-order valence-electron chi connectivity index (χ0n) is 19.4. The Balaban J connectivity index is 2.10. The minimum atomic E-state index is 0.0842. The van der Waals surface area contributed by atoms with Crippen molar-refractivity contribution in [2.24, 2.45) is 4.99 Å². The van der Waals surface area contributed by atoms with E-state index in [-0.39, 0.29) is 16.5 Å². The maximum absolute atomic E-state index is 8.29. The van der Waals surface area contributed by atoms with Crippen LogP contribution in [0.15, 0.2) is 41.4 Å². The molecule has 0 aliphatic carbocycles. The molecule has 0 amide bonds. The molecule has 2 aromatic rings. The number of likely N-dealkylation sites (N-methyl/N-ethyl adjacent to an activating group) is 1. The van der Waals surface area contributed by atoms with Crippen molar-refractivity contribution in [2.45, 2.75) is 53.4 Å². The lowest BCUT2D eigenvalue weighted by molar-refractivity contribution is 0.357. The third-order valence-corrected chi connectivity index (χ3v) is 5.59. The molecule has 0 saturated carbocycles. The van der Waals surface area contributed by atoms with Gasteiger partial charge in [0.2, 0.25) is 0 Å². The first-order valence-corrected chi connectivity index (χ1v) is 11.0. The molecule has 30 heavy (non-hydrogen) atoms. The Morgan fingerprint density at radius 1 is 1.10 bits per heavy atom. The van der Waals surface area contributed by atoms with Crippen molar-refractivity contribution in [1.82, 2.24) is 4.90 Å². The second kappa shape index (κ2) is 10.3. The molecular weight excluding hydrogens is 390 g/mol. The van der Waals surface area contributed by atoms with Crippen LogP contribution >= 0.6 is 0 Å². The highest BCUT2D eigenvalue weighted by Crippen LogP contribution is 2.24. The number of aryl methyl sites for hydroxylation is 2.